The number of hydrogen-bond acceptors (Lipinski definition) is 3. The second-order valence-corrected chi connectivity index (χ2v) is 5.99. The minimum Gasteiger partial charge on any atom is -0.378 e. The average Bonchev–Trinajstić information content (AvgIpc) is 2.55. The summed E-state index contributed by atoms with van der Waals surface area (Å²) in [4.78, 5) is 2.42. The van der Waals surface area contributed by atoms with Gasteiger partial charge in [-0.2, -0.15) is 0 Å². The molecule has 3 nitrogen and oxygen atoms in total. The van der Waals surface area contributed by atoms with Gasteiger partial charge < -0.3 is 15.0 Å². The van der Waals surface area contributed by atoms with Crippen LogP contribution in [-0.2, 0) is 11.3 Å². The van der Waals surface area contributed by atoms with E-state index in [1.165, 1.54) is 43.4 Å². The van der Waals surface area contributed by atoms with Crippen LogP contribution in [0.15, 0.2) is 24.3 Å². The van der Waals surface area contributed by atoms with Crippen LogP contribution in [0, 0.1) is 0 Å². The zero-order chi connectivity index (χ0) is 13.6. The molecule has 1 N–H and O–H groups in total. The number of ether oxygens (including phenoxy) is 1. The van der Waals surface area contributed by atoms with Gasteiger partial charge in [0.15, 0.2) is 0 Å². The molecular formula is C17H26N2O. The van der Waals surface area contributed by atoms with Crippen LogP contribution in [0.25, 0.3) is 0 Å². The lowest BCUT2D eigenvalue weighted by atomic mass is 9.95. The Morgan fingerprint density at radius 2 is 1.90 bits per heavy atom. The Balaban J connectivity index is 1.56. The summed E-state index contributed by atoms with van der Waals surface area (Å²) in [6.45, 7) is 4.73. The van der Waals surface area contributed by atoms with Gasteiger partial charge in [0.25, 0.3) is 0 Å². The number of benzene rings is 1. The van der Waals surface area contributed by atoms with Crippen LogP contribution >= 0.6 is 0 Å². The quantitative estimate of drug-likeness (QED) is 0.913. The van der Waals surface area contributed by atoms with E-state index in [9.17, 15) is 0 Å². The fourth-order valence-corrected chi connectivity index (χ4v) is 3.25. The van der Waals surface area contributed by atoms with Crippen molar-refractivity contribution in [1.29, 1.82) is 0 Å². The van der Waals surface area contributed by atoms with Gasteiger partial charge in [0.05, 0.1) is 13.2 Å². The number of nitrogens with zero attached hydrogens (tertiary/aromatic N) is 1. The van der Waals surface area contributed by atoms with Crippen molar-refractivity contribution in [1.82, 2.24) is 5.32 Å². The Morgan fingerprint density at radius 1 is 1.10 bits per heavy atom. The molecule has 1 saturated heterocycles. The summed E-state index contributed by atoms with van der Waals surface area (Å²) in [6.07, 6.45) is 6.91. The highest BCUT2D eigenvalue weighted by Crippen LogP contribution is 2.20. The predicted octanol–water partition coefficient (Wildman–Crippen LogP) is 2.95. The monoisotopic (exact) mass is 274 g/mol. The first-order chi connectivity index (χ1) is 9.92. The molecule has 0 radical (unpaired) electrons. The molecule has 1 aliphatic carbocycles. The minimum atomic E-state index is 0.732. The molecule has 1 saturated carbocycles. The molecule has 0 atom stereocenters. The molecule has 2 aliphatic rings. The number of anilines is 1. The minimum absolute atomic E-state index is 0.732. The van der Waals surface area contributed by atoms with Crippen molar-refractivity contribution in [3.05, 3.63) is 29.8 Å². The van der Waals surface area contributed by atoms with E-state index in [0.717, 1.165) is 38.9 Å². The average molecular weight is 274 g/mol. The number of morpholine rings is 1. The van der Waals surface area contributed by atoms with Crippen molar-refractivity contribution in [3.8, 4) is 0 Å². The normalized spacial score (nSPS) is 21.1. The van der Waals surface area contributed by atoms with E-state index >= 15 is 0 Å². The standard InChI is InChI=1S/C17H26N2O/c1-2-6-16(7-3-1)18-14-15-5-4-8-17(13-15)19-9-11-20-12-10-19/h4-5,8,13,16,18H,1-3,6-7,9-12,14H2. The van der Waals surface area contributed by atoms with Crippen LogP contribution in [-0.4, -0.2) is 32.3 Å². The fraction of sp³-hybridized carbons (Fsp3) is 0.647. The third-order valence-electron chi connectivity index (χ3n) is 4.49. The van der Waals surface area contributed by atoms with Gasteiger partial charge in [-0.1, -0.05) is 31.4 Å². The van der Waals surface area contributed by atoms with Gasteiger partial charge in [-0.25, -0.2) is 0 Å². The summed E-state index contributed by atoms with van der Waals surface area (Å²) in [5.41, 5.74) is 2.75. The van der Waals surface area contributed by atoms with Crippen molar-refractivity contribution in [2.75, 3.05) is 31.2 Å². The Kier molecular flexibility index (Phi) is 4.93. The highest BCUT2D eigenvalue weighted by molar-refractivity contribution is 5.48. The van der Waals surface area contributed by atoms with Crippen LogP contribution in [0.2, 0.25) is 0 Å². The molecule has 3 rings (SSSR count). The molecule has 0 bridgehead atoms. The molecule has 1 aromatic carbocycles. The summed E-state index contributed by atoms with van der Waals surface area (Å²) in [7, 11) is 0. The van der Waals surface area contributed by atoms with Crippen LogP contribution in [0.4, 0.5) is 5.69 Å². The van der Waals surface area contributed by atoms with Crippen LogP contribution in [0.1, 0.15) is 37.7 Å². The third-order valence-corrected chi connectivity index (χ3v) is 4.49. The summed E-state index contributed by atoms with van der Waals surface area (Å²) >= 11 is 0. The molecule has 0 amide bonds. The van der Waals surface area contributed by atoms with Gasteiger partial charge in [-0.3, -0.25) is 0 Å². The Morgan fingerprint density at radius 3 is 2.70 bits per heavy atom. The molecular weight excluding hydrogens is 248 g/mol. The molecule has 20 heavy (non-hydrogen) atoms. The smallest absolute Gasteiger partial charge is 0.0642 e. The number of rotatable bonds is 4. The molecule has 1 aromatic rings. The van der Waals surface area contributed by atoms with E-state index in [4.69, 9.17) is 4.74 Å². The number of hydrogen-bond donors (Lipinski definition) is 1. The highest BCUT2D eigenvalue weighted by atomic mass is 16.5. The molecule has 110 valence electrons. The molecule has 1 heterocycles. The second-order valence-electron chi connectivity index (χ2n) is 5.99. The number of nitrogens with one attached hydrogen (secondary N) is 1. The second kappa shape index (κ2) is 7.09. The predicted molar refractivity (Wildman–Crippen MR) is 83.2 cm³/mol. The van der Waals surface area contributed by atoms with Gasteiger partial charge in [0.1, 0.15) is 0 Å². The molecule has 0 spiro atoms. The maximum absolute atomic E-state index is 5.42. The van der Waals surface area contributed by atoms with Crippen LogP contribution in [0.3, 0.4) is 0 Å². The first kappa shape index (κ1) is 13.9. The molecule has 2 fully saturated rings. The van der Waals surface area contributed by atoms with Gasteiger partial charge in [0, 0.05) is 31.4 Å². The summed E-state index contributed by atoms with van der Waals surface area (Å²) < 4.78 is 5.42. The molecule has 3 heteroatoms. The van der Waals surface area contributed by atoms with Gasteiger partial charge in [-0.05, 0) is 30.5 Å². The van der Waals surface area contributed by atoms with Gasteiger partial charge in [0.2, 0.25) is 0 Å². The highest BCUT2D eigenvalue weighted by Gasteiger charge is 2.13. The zero-order valence-corrected chi connectivity index (χ0v) is 12.3. The SMILES string of the molecule is c1cc(CNC2CCCCC2)cc(N2CCOCC2)c1. The third kappa shape index (κ3) is 3.74. The van der Waals surface area contributed by atoms with Crippen molar-refractivity contribution in [2.45, 2.75) is 44.7 Å². The maximum Gasteiger partial charge on any atom is 0.0642 e. The Bertz CT molecular complexity index is 409. The Hall–Kier alpha value is -1.06. The first-order valence-electron chi connectivity index (χ1n) is 8.07. The first-order valence-corrected chi connectivity index (χ1v) is 8.07. The van der Waals surface area contributed by atoms with Crippen LogP contribution in [0.5, 0.6) is 0 Å². The molecule has 0 aromatic heterocycles. The Labute approximate surface area is 122 Å². The topological polar surface area (TPSA) is 24.5 Å². The lowest BCUT2D eigenvalue weighted by Gasteiger charge is -2.29. The lowest BCUT2D eigenvalue weighted by Crippen LogP contribution is -2.36. The molecule has 1 aliphatic heterocycles. The summed E-state index contributed by atoms with van der Waals surface area (Å²) in [6, 6.07) is 9.70. The van der Waals surface area contributed by atoms with Crippen molar-refractivity contribution >= 4 is 5.69 Å². The van der Waals surface area contributed by atoms with E-state index in [0.29, 0.717) is 0 Å². The van der Waals surface area contributed by atoms with E-state index in [1.807, 2.05) is 0 Å². The fourth-order valence-electron chi connectivity index (χ4n) is 3.25. The van der Waals surface area contributed by atoms with Gasteiger partial charge >= 0.3 is 0 Å². The van der Waals surface area contributed by atoms with Crippen molar-refractivity contribution < 1.29 is 4.74 Å². The van der Waals surface area contributed by atoms with Crippen molar-refractivity contribution in [2.24, 2.45) is 0 Å². The summed E-state index contributed by atoms with van der Waals surface area (Å²) in [5, 5.41) is 3.72. The van der Waals surface area contributed by atoms with E-state index in [2.05, 4.69) is 34.5 Å². The van der Waals surface area contributed by atoms with E-state index < -0.39 is 0 Å². The van der Waals surface area contributed by atoms with Crippen molar-refractivity contribution in [3.63, 3.8) is 0 Å². The largest absolute Gasteiger partial charge is 0.378 e. The van der Waals surface area contributed by atoms with Gasteiger partial charge in [-0.15, -0.1) is 0 Å². The zero-order valence-electron chi connectivity index (χ0n) is 12.3. The maximum atomic E-state index is 5.42. The van der Waals surface area contributed by atoms with E-state index in [1.54, 1.807) is 0 Å². The summed E-state index contributed by atoms with van der Waals surface area (Å²) in [5.74, 6) is 0. The molecule has 0 unspecified atom stereocenters. The van der Waals surface area contributed by atoms with Crippen LogP contribution < -0.4 is 10.2 Å². The van der Waals surface area contributed by atoms with E-state index in [-0.39, 0.29) is 0 Å². The lowest BCUT2D eigenvalue weighted by molar-refractivity contribution is 0.122.